The van der Waals surface area contributed by atoms with Gasteiger partial charge in [-0.15, -0.1) is 0 Å². The smallest absolute Gasteiger partial charge is 0.325 e. The van der Waals surface area contributed by atoms with E-state index in [0.29, 0.717) is 21.1 Å². The topological polar surface area (TPSA) is 69.6 Å². The molecular weight excluding hydrogens is 402 g/mol. The van der Waals surface area contributed by atoms with Gasteiger partial charge in [0.05, 0.1) is 8.95 Å². The lowest BCUT2D eigenvalue weighted by molar-refractivity contribution is -0.139. The number of phenolic OH excluding ortho intramolecular Hbond substituents is 1. The minimum atomic E-state index is -0.932. The number of rotatable bonds is 5. The van der Waals surface area contributed by atoms with Crippen molar-refractivity contribution >= 4 is 37.8 Å². The summed E-state index contributed by atoms with van der Waals surface area (Å²) in [6.07, 6.45) is 0. The zero-order chi connectivity index (χ0) is 15.4. The van der Waals surface area contributed by atoms with Crippen LogP contribution in [0.2, 0.25) is 0 Å². The van der Waals surface area contributed by atoms with Gasteiger partial charge in [-0.25, -0.2) is 0 Å². The van der Waals surface area contributed by atoms with Crippen LogP contribution in [0.4, 0.5) is 0 Å². The zero-order valence-corrected chi connectivity index (χ0v) is 14.1. The van der Waals surface area contributed by atoms with E-state index in [0.717, 1.165) is 5.56 Å². The molecule has 3 N–H and O–H groups in total. The second-order valence-corrected chi connectivity index (χ2v) is 6.18. The first-order valence-corrected chi connectivity index (χ1v) is 7.75. The molecule has 0 fully saturated rings. The van der Waals surface area contributed by atoms with E-state index in [2.05, 4.69) is 37.2 Å². The van der Waals surface area contributed by atoms with Crippen LogP contribution >= 0.6 is 31.9 Å². The Morgan fingerprint density at radius 1 is 1.14 bits per heavy atom. The second-order valence-electron chi connectivity index (χ2n) is 4.47. The third-order valence-electron chi connectivity index (χ3n) is 2.97. The number of benzene rings is 2. The third-order valence-corrected chi connectivity index (χ3v) is 4.18. The summed E-state index contributed by atoms with van der Waals surface area (Å²) in [5.41, 5.74) is 1.55. The van der Waals surface area contributed by atoms with Crippen molar-refractivity contribution in [3.8, 4) is 5.75 Å². The maximum atomic E-state index is 11.4. The van der Waals surface area contributed by atoms with Gasteiger partial charge in [0, 0.05) is 6.54 Å². The Morgan fingerprint density at radius 3 is 2.24 bits per heavy atom. The largest absolute Gasteiger partial charge is 0.506 e. The number of phenols is 1. The number of halogens is 2. The summed E-state index contributed by atoms with van der Waals surface area (Å²) in [7, 11) is 0. The van der Waals surface area contributed by atoms with Crippen molar-refractivity contribution in [2.24, 2.45) is 0 Å². The molecule has 2 aromatic rings. The molecule has 0 saturated carbocycles. The van der Waals surface area contributed by atoms with Crippen molar-refractivity contribution in [1.82, 2.24) is 5.32 Å². The van der Waals surface area contributed by atoms with E-state index in [-0.39, 0.29) is 5.75 Å². The monoisotopic (exact) mass is 413 g/mol. The average molecular weight is 415 g/mol. The summed E-state index contributed by atoms with van der Waals surface area (Å²) in [5.74, 6) is -0.810. The molecule has 0 amide bonds. The molecule has 1 unspecified atom stereocenters. The van der Waals surface area contributed by atoms with Crippen molar-refractivity contribution in [2.75, 3.05) is 0 Å². The van der Waals surface area contributed by atoms with Gasteiger partial charge in [-0.05, 0) is 55.1 Å². The minimum Gasteiger partial charge on any atom is -0.506 e. The molecule has 2 aromatic carbocycles. The van der Waals surface area contributed by atoms with E-state index in [9.17, 15) is 15.0 Å². The number of nitrogens with one attached hydrogen (secondary N) is 1. The first kappa shape index (κ1) is 16.0. The van der Waals surface area contributed by atoms with Crippen molar-refractivity contribution in [3.63, 3.8) is 0 Å². The Bertz CT molecular complexity index is 624. The first-order valence-electron chi connectivity index (χ1n) is 6.17. The molecule has 0 saturated heterocycles. The van der Waals surface area contributed by atoms with Crippen LogP contribution in [0, 0.1) is 0 Å². The molecule has 2 rings (SSSR count). The SMILES string of the molecule is O=C(O)C(NCc1cc(Br)c(O)c(Br)c1)c1ccccc1. The Balaban J connectivity index is 2.15. The lowest BCUT2D eigenvalue weighted by Crippen LogP contribution is -2.28. The Kier molecular flexibility index (Phi) is 5.39. The maximum absolute atomic E-state index is 11.4. The molecule has 110 valence electrons. The lowest BCUT2D eigenvalue weighted by Gasteiger charge is -2.15. The molecule has 0 spiro atoms. The summed E-state index contributed by atoms with van der Waals surface area (Å²) < 4.78 is 1.11. The molecule has 4 nitrogen and oxygen atoms in total. The van der Waals surface area contributed by atoms with Crippen LogP contribution in [-0.4, -0.2) is 16.2 Å². The fourth-order valence-corrected chi connectivity index (χ4v) is 3.21. The Hall–Kier alpha value is -1.37. The standard InChI is InChI=1S/C15H13Br2NO3/c16-11-6-9(7-12(17)14(11)19)8-18-13(15(20)21)10-4-2-1-3-5-10/h1-7,13,18-19H,8H2,(H,20,21). The van der Waals surface area contributed by atoms with Gasteiger partial charge in [0.25, 0.3) is 0 Å². The highest BCUT2D eigenvalue weighted by Crippen LogP contribution is 2.33. The highest BCUT2D eigenvalue weighted by Gasteiger charge is 2.19. The summed E-state index contributed by atoms with van der Waals surface area (Å²) in [4.78, 5) is 11.4. The van der Waals surface area contributed by atoms with Crippen LogP contribution in [0.25, 0.3) is 0 Å². The fourth-order valence-electron chi connectivity index (χ4n) is 1.93. The number of aromatic hydroxyl groups is 1. The fraction of sp³-hybridized carbons (Fsp3) is 0.133. The summed E-state index contributed by atoms with van der Waals surface area (Å²) in [6, 6.07) is 11.7. The number of carboxylic acids is 1. The number of carboxylic acid groups (broad SMARTS) is 1. The van der Waals surface area contributed by atoms with Crippen molar-refractivity contribution in [1.29, 1.82) is 0 Å². The molecule has 21 heavy (non-hydrogen) atoms. The highest BCUT2D eigenvalue weighted by atomic mass is 79.9. The van der Waals surface area contributed by atoms with Gasteiger partial charge in [0.15, 0.2) is 0 Å². The highest BCUT2D eigenvalue weighted by molar-refractivity contribution is 9.11. The average Bonchev–Trinajstić information content (AvgIpc) is 2.45. The molecule has 0 radical (unpaired) electrons. The van der Waals surface area contributed by atoms with E-state index in [4.69, 9.17) is 0 Å². The van der Waals surface area contributed by atoms with Gasteiger partial charge >= 0.3 is 5.97 Å². The van der Waals surface area contributed by atoms with Crippen molar-refractivity contribution < 1.29 is 15.0 Å². The molecule has 0 aliphatic heterocycles. The van der Waals surface area contributed by atoms with E-state index < -0.39 is 12.0 Å². The summed E-state index contributed by atoms with van der Waals surface area (Å²) >= 11 is 6.51. The van der Waals surface area contributed by atoms with Gasteiger partial charge in [-0.1, -0.05) is 30.3 Å². The van der Waals surface area contributed by atoms with E-state index in [1.807, 2.05) is 6.07 Å². The minimum absolute atomic E-state index is 0.122. The van der Waals surface area contributed by atoms with Crippen LogP contribution < -0.4 is 5.32 Å². The van der Waals surface area contributed by atoms with Crippen LogP contribution in [-0.2, 0) is 11.3 Å². The third kappa shape index (κ3) is 4.06. The number of carbonyl (C=O) groups is 1. The molecule has 1 atom stereocenters. The van der Waals surface area contributed by atoms with Crippen molar-refractivity contribution in [3.05, 3.63) is 62.5 Å². The van der Waals surface area contributed by atoms with Crippen LogP contribution in [0.1, 0.15) is 17.2 Å². The van der Waals surface area contributed by atoms with E-state index in [1.165, 1.54) is 0 Å². The molecule has 0 heterocycles. The number of hydrogen-bond acceptors (Lipinski definition) is 3. The Morgan fingerprint density at radius 2 is 1.71 bits per heavy atom. The number of hydrogen-bond donors (Lipinski definition) is 3. The van der Waals surface area contributed by atoms with Gasteiger partial charge in [0.2, 0.25) is 0 Å². The van der Waals surface area contributed by atoms with Gasteiger partial charge in [0.1, 0.15) is 11.8 Å². The maximum Gasteiger partial charge on any atom is 0.325 e. The van der Waals surface area contributed by atoms with Crippen LogP contribution in [0.5, 0.6) is 5.75 Å². The number of aliphatic carboxylic acids is 1. The summed E-state index contributed by atoms with van der Waals surface area (Å²) in [6.45, 7) is 0.364. The lowest BCUT2D eigenvalue weighted by atomic mass is 10.1. The predicted molar refractivity (Wildman–Crippen MR) is 87.2 cm³/mol. The molecule has 0 aliphatic carbocycles. The second kappa shape index (κ2) is 7.06. The van der Waals surface area contributed by atoms with Crippen LogP contribution in [0.3, 0.4) is 0 Å². The summed E-state index contributed by atoms with van der Waals surface area (Å²) in [5, 5.41) is 22.0. The van der Waals surface area contributed by atoms with Gasteiger partial charge in [-0.2, -0.15) is 0 Å². The Labute approximate surface area is 139 Å². The molecule has 0 aliphatic rings. The normalized spacial score (nSPS) is 12.1. The van der Waals surface area contributed by atoms with E-state index in [1.54, 1.807) is 36.4 Å². The van der Waals surface area contributed by atoms with E-state index >= 15 is 0 Å². The molecule has 0 aromatic heterocycles. The van der Waals surface area contributed by atoms with Gasteiger partial charge in [-0.3, -0.25) is 10.1 Å². The molecule has 6 heteroatoms. The quantitative estimate of drug-likeness (QED) is 0.695. The predicted octanol–water partition coefficient (Wildman–Crippen LogP) is 3.83. The van der Waals surface area contributed by atoms with Gasteiger partial charge < -0.3 is 10.2 Å². The van der Waals surface area contributed by atoms with Crippen molar-refractivity contribution in [2.45, 2.75) is 12.6 Å². The zero-order valence-electron chi connectivity index (χ0n) is 10.9. The molecule has 0 bridgehead atoms. The molecular formula is C15H13Br2NO3. The van der Waals surface area contributed by atoms with Crippen LogP contribution in [0.15, 0.2) is 51.4 Å². The first-order chi connectivity index (χ1) is 9.99.